The number of thioether (sulfide) groups is 1. The summed E-state index contributed by atoms with van der Waals surface area (Å²) in [6.07, 6.45) is 9.26. The molecule has 0 aromatic heterocycles. The smallest absolute Gasteiger partial charge is 0.0281 e. The van der Waals surface area contributed by atoms with Gasteiger partial charge >= 0.3 is 0 Å². The van der Waals surface area contributed by atoms with Gasteiger partial charge in [-0.3, -0.25) is 0 Å². The standard InChI is InChI=1S/C15H22BrNS/c1-18-15(9-3-2-4-10-15)12-17-11-13-5-7-14(16)8-6-13/h5-8,17H,2-4,9-12H2,1H3. The molecule has 0 spiro atoms. The number of benzene rings is 1. The maximum atomic E-state index is 3.65. The monoisotopic (exact) mass is 327 g/mol. The van der Waals surface area contributed by atoms with E-state index in [-0.39, 0.29) is 0 Å². The van der Waals surface area contributed by atoms with E-state index in [1.807, 2.05) is 0 Å². The average molecular weight is 328 g/mol. The molecule has 3 heteroatoms. The van der Waals surface area contributed by atoms with Crippen LogP contribution in [0.25, 0.3) is 0 Å². The van der Waals surface area contributed by atoms with Gasteiger partial charge in [-0.15, -0.1) is 0 Å². The third-order valence-corrected chi connectivity index (χ3v) is 5.83. The van der Waals surface area contributed by atoms with Crippen molar-refractivity contribution < 1.29 is 0 Å². The summed E-state index contributed by atoms with van der Waals surface area (Å²) in [4.78, 5) is 0. The summed E-state index contributed by atoms with van der Waals surface area (Å²) in [5.41, 5.74) is 1.37. The fourth-order valence-corrected chi connectivity index (χ4v) is 3.89. The molecule has 1 fully saturated rings. The number of hydrogen-bond donors (Lipinski definition) is 1. The molecule has 0 saturated heterocycles. The van der Waals surface area contributed by atoms with Crippen LogP contribution in [0.3, 0.4) is 0 Å². The van der Waals surface area contributed by atoms with Gasteiger partial charge in [0, 0.05) is 22.3 Å². The van der Waals surface area contributed by atoms with Crippen molar-refractivity contribution in [2.24, 2.45) is 0 Å². The Morgan fingerprint density at radius 3 is 2.44 bits per heavy atom. The molecule has 18 heavy (non-hydrogen) atoms. The van der Waals surface area contributed by atoms with E-state index in [1.54, 1.807) is 0 Å². The first-order valence-corrected chi connectivity index (χ1v) is 8.76. The Kier molecular flexibility index (Phi) is 5.58. The van der Waals surface area contributed by atoms with Crippen molar-refractivity contribution >= 4 is 27.7 Å². The summed E-state index contributed by atoms with van der Waals surface area (Å²) < 4.78 is 1.65. The van der Waals surface area contributed by atoms with E-state index in [4.69, 9.17) is 0 Å². The summed E-state index contributed by atoms with van der Waals surface area (Å²) in [5.74, 6) is 0. The van der Waals surface area contributed by atoms with Crippen LogP contribution in [-0.2, 0) is 6.54 Å². The summed E-state index contributed by atoms with van der Waals surface area (Å²) in [6, 6.07) is 8.59. The molecular weight excluding hydrogens is 306 g/mol. The fraction of sp³-hybridized carbons (Fsp3) is 0.600. The van der Waals surface area contributed by atoms with E-state index in [2.05, 4.69) is 63.5 Å². The second-order valence-corrected chi connectivity index (χ2v) is 7.37. The Morgan fingerprint density at radius 1 is 1.17 bits per heavy atom. The highest BCUT2D eigenvalue weighted by molar-refractivity contribution is 9.10. The largest absolute Gasteiger partial charge is 0.311 e. The van der Waals surface area contributed by atoms with Crippen LogP contribution in [0, 0.1) is 0 Å². The fourth-order valence-electron chi connectivity index (χ4n) is 2.69. The predicted molar refractivity (Wildman–Crippen MR) is 85.2 cm³/mol. The maximum Gasteiger partial charge on any atom is 0.0281 e. The lowest BCUT2D eigenvalue weighted by molar-refractivity contribution is 0.379. The van der Waals surface area contributed by atoms with Crippen molar-refractivity contribution in [1.82, 2.24) is 5.32 Å². The Hall–Kier alpha value is 0.01000. The van der Waals surface area contributed by atoms with Crippen molar-refractivity contribution in [2.75, 3.05) is 12.8 Å². The first-order valence-electron chi connectivity index (χ1n) is 6.74. The van der Waals surface area contributed by atoms with Crippen molar-refractivity contribution in [3.8, 4) is 0 Å². The molecule has 0 unspecified atom stereocenters. The van der Waals surface area contributed by atoms with E-state index in [0.717, 1.165) is 17.6 Å². The molecule has 1 saturated carbocycles. The zero-order chi connectivity index (χ0) is 12.8. The molecule has 1 aromatic rings. The second kappa shape index (κ2) is 6.97. The molecule has 2 rings (SSSR count). The number of hydrogen-bond acceptors (Lipinski definition) is 2. The minimum atomic E-state index is 0.494. The Balaban J connectivity index is 1.81. The van der Waals surface area contributed by atoms with Gasteiger partial charge in [-0.05, 0) is 36.8 Å². The van der Waals surface area contributed by atoms with Gasteiger partial charge in [-0.1, -0.05) is 47.3 Å². The van der Waals surface area contributed by atoms with Gasteiger partial charge in [0.2, 0.25) is 0 Å². The van der Waals surface area contributed by atoms with Gasteiger partial charge in [0.05, 0.1) is 0 Å². The van der Waals surface area contributed by atoms with Crippen molar-refractivity contribution in [3.63, 3.8) is 0 Å². The summed E-state index contributed by atoms with van der Waals surface area (Å²) in [6.45, 7) is 2.12. The first-order chi connectivity index (χ1) is 8.74. The molecule has 0 amide bonds. The van der Waals surface area contributed by atoms with E-state index in [1.165, 1.54) is 37.7 Å². The molecule has 100 valence electrons. The second-order valence-electron chi connectivity index (χ2n) is 5.18. The lowest BCUT2D eigenvalue weighted by atomic mass is 9.88. The highest BCUT2D eigenvalue weighted by Gasteiger charge is 2.30. The van der Waals surface area contributed by atoms with Crippen LogP contribution >= 0.6 is 27.7 Å². The average Bonchev–Trinajstić information content (AvgIpc) is 2.42. The number of nitrogens with one attached hydrogen (secondary N) is 1. The van der Waals surface area contributed by atoms with E-state index in [0.29, 0.717) is 4.75 Å². The zero-order valence-corrected chi connectivity index (χ0v) is 13.4. The Morgan fingerprint density at radius 2 is 1.83 bits per heavy atom. The van der Waals surface area contributed by atoms with Gasteiger partial charge in [-0.2, -0.15) is 11.8 Å². The van der Waals surface area contributed by atoms with Crippen LogP contribution in [0.2, 0.25) is 0 Å². The zero-order valence-electron chi connectivity index (χ0n) is 11.0. The summed E-state index contributed by atoms with van der Waals surface area (Å²) in [7, 11) is 0. The molecule has 1 N–H and O–H groups in total. The van der Waals surface area contributed by atoms with E-state index in [9.17, 15) is 0 Å². The van der Waals surface area contributed by atoms with Gasteiger partial charge in [0.1, 0.15) is 0 Å². The minimum absolute atomic E-state index is 0.494. The lowest BCUT2D eigenvalue weighted by Gasteiger charge is -2.36. The SMILES string of the molecule is CSC1(CNCc2ccc(Br)cc2)CCCCC1. The van der Waals surface area contributed by atoms with Gasteiger partial charge < -0.3 is 5.32 Å². The lowest BCUT2D eigenvalue weighted by Crippen LogP contribution is -2.39. The molecule has 0 atom stereocenters. The topological polar surface area (TPSA) is 12.0 Å². The molecule has 0 bridgehead atoms. The van der Waals surface area contributed by atoms with Crippen molar-refractivity contribution in [3.05, 3.63) is 34.3 Å². The van der Waals surface area contributed by atoms with Crippen LogP contribution < -0.4 is 5.32 Å². The number of halogens is 1. The van der Waals surface area contributed by atoms with Gasteiger partial charge in [0.15, 0.2) is 0 Å². The van der Waals surface area contributed by atoms with Crippen LogP contribution in [0.15, 0.2) is 28.7 Å². The van der Waals surface area contributed by atoms with Crippen LogP contribution in [-0.4, -0.2) is 17.5 Å². The third-order valence-electron chi connectivity index (χ3n) is 3.89. The van der Waals surface area contributed by atoms with Crippen molar-refractivity contribution in [2.45, 2.75) is 43.4 Å². The molecule has 1 aliphatic carbocycles. The highest BCUT2D eigenvalue weighted by atomic mass is 79.9. The third kappa shape index (κ3) is 4.01. The van der Waals surface area contributed by atoms with Crippen LogP contribution in [0.4, 0.5) is 0 Å². The molecule has 0 heterocycles. The molecule has 0 radical (unpaired) electrons. The Labute approximate surface area is 123 Å². The summed E-state index contributed by atoms with van der Waals surface area (Å²) in [5, 5.41) is 3.65. The van der Waals surface area contributed by atoms with Gasteiger partial charge in [0.25, 0.3) is 0 Å². The summed E-state index contributed by atoms with van der Waals surface area (Å²) >= 11 is 5.53. The minimum Gasteiger partial charge on any atom is -0.311 e. The number of rotatable bonds is 5. The highest BCUT2D eigenvalue weighted by Crippen LogP contribution is 2.37. The maximum absolute atomic E-state index is 3.65. The van der Waals surface area contributed by atoms with Crippen LogP contribution in [0.1, 0.15) is 37.7 Å². The van der Waals surface area contributed by atoms with E-state index >= 15 is 0 Å². The van der Waals surface area contributed by atoms with Crippen molar-refractivity contribution in [1.29, 1.82) is 0 Å². The van der Waals surface area contributed by atoms with Gasteiger partial charge in [-0.25, -0.2) is 0 Å². The normalized spacial score (nSPS) is 18.8. The molecule has 1 nitrogen and oxygen atoms in total. The predicted octanol–water partition coefficient (Wildman–Crippen LogP) is 4.60. The molecular formula is C15H22BrNS. The molecule has 1 aromatic carbocycles. The quantitative estimate of drug-likeness (QED) is 0.847. The van der Waals surface area contributed by atoms with Crippen LogP contribution in [0.5, 0.6) is 0 Å². The Bertz CT molecular complexity index is 357. The molecule has 1 aliphatic rings. The van der Waals surface area contributed by atoms with E-state index < -0.39 is 0 Å². The first kappa shape index (κ1) is 14.4. The molecule has 0 aliphatic heterocycles.